The van der Waals surface area contributed by atoms with Crippen LogP contribution < -0.4 is 0 Å². The summed E-state index contributed by atoms with van der Waals surface area (Å²) < 4.78 is 15.9. The largest absolute Gasteiger partial charge is 0.463 e. The molecular formula is C40H72O9. The van der Waals surface area contributed by atoms with Crippen molar-refractivity contribution in [3.8, 4) is 0 Å². The van der Waals surface area contributed by atoms with Gasteiger partial charge in [0.1, 0.15) is 19.3 Å². The summed E-state index contributed by atoms with van der Waals surface area (Å²) in [5, 5.41) is 40.7. The van der Waals surface area contributed by atoms with E-state index in [0.29, 0.717) is 32.1 Å². The molecule has 9 heteroatoms. The number of hydrogen-bond donors (Lipinski definition) is 4. The molecule has 0 spiro atoms. The summed E-state index contributed by atoms with van der Waals surface area (Å²) >= 11 is 0. The molecule has 4 N–H and O–H groups in total. The lowest BCUT2D eigenvalue weighted by Crippen LogP contribution is -2.43. The first-order chi connectivity index (χ1) is 23.6. The third-order valence-electron chi connectivity index (χ3n) is 9.16. The van der Waals surface area contributed by atoms with E-state index >= 15 is 0 Å². The molecule has 49 heavy (non-hydrogen) atoms. The van der Waals surface area contributed by atoms with Gasteiger partial charge in [0.25, 0.3) is 0 Å². The van der Waals surface area contributed by atoms with Crippen molar-refractivity contribution in [1.29, 1.82) is 0 Å². The fraction of sp³-hybridized carbons (Fsp3) is 0.850. The Morgan fingerprint density at radius 1 is 0.755 bits per heavy atom. The van der Waals surface area contributed by atoms with Gasteiger partial charge in [0.05, 0.1) is 18.3 Å². The maximum absolute atomic E-state index is 12.1. The molecule has 1 fully saturated rings. The van der Waals surface area contributed by atoms with Gasteiger partial charge in [-0.1, -0.05) is 135 Å². The molecule has 1 saturated heterocycles. The number of carbonyl (C=O) groups excluding carboxylic acids is 2. The van der Waals surface area contributed by atoms with Gasteiger partial charge in [0.15, 0.2) is 6.29 Å². The van der Waals surface area contributed by atoms with E-state index in [1.807, 2.05) is 12.2 Å². The van der Waals surface area contributed by atoms with Gasteiger partial charge < -0.3 is 34.6 Å². The van der Waals surface area contributed by atoms with Crippen LogP contribution in [-0.4, -0.2) is 76.3 Å². The van der Waals surface area contributed by atoms with Crippen molar-refractivity contribution >= 4 is 11.9 Å². The molecule has 0 saturated carbocycles. The fourth-order valence-corrected chi connectivity index (χ4v) is 6.07. The molecule has 0 aliphatic carbocycles. The molecule has 1 aliphatic heterocycles. The highest BCUT2D eigenvalue weighted by Crippen LogP contribution is 2.29. The number of aliphatic hydroxyl groups is 4. The van der Waals surface area contributed by atoms with Crippen molar-refractivity contribution in [3.63, 3.8) is 0 Å². The van der Waals surface area contributed by atoms with Crippen LogP contribution in [0.3, 0.4) is 0 Å². The number of unbranched alkanes of at least 4 members (excludes halogenated alkanes) is 13. The second kappa shape index (κ2) is 29.9. The summed E-state index contributed by atoms with van der Waals surface area (Å²) in [7, 11) is 0. The summed E-state index contributed by atoms with van der Waals surface area (Å²) in [6.07, 6.45) is 24.3. The Hall–Kier alpha value is -1.78. The van der Waals surface area contributed by atoms with Crippen molar-refractivity contribution in [3.05, 3.63) is 24.3 Å². The predicted molar refractivity (Wildman–Crippen MR) is 195 cm³/mol. The van der Waals surface area contributed by atoms with Crippen LogP contribution in [0.1, 0.15) is 162 Å². The molecule has 1 rings (SSSR count). The Labute approximate surface area is 297 Å². The SMILES string of the molecule is CCCCC[C@H](O)/C=C/[C@H]1OC(O)C[C@H](O)[C@@H]1C/C=C\CCCC(=O)OC[C@@H](O)COC(=O)CCCCCCCCCCCCCC(C)C. The number of allylic oxidation sites excluding steroid dienone is 2. The number of ether oxygens (including phenoxy) is 3. The monoisotopic (exact) mass is 697 g/mol. The topological polar surface area (TPSA) is 143 Å². The second-order valence-corrected chi connectivity index (χ2v) is 14.4. The Balaban J connectivity index is 2.09. The zero-order valence-corrected chi connectivity index (χ0v) is 31.2. The Bertz CT molecular complexity index is 874. The minimum absolute atomic E-state index is 0.137. The number of aliphatic hydroxyl groups excluding tert-OH is 4. The van der Waals surface area contributed by atoms with Crippen molar-refractivity contribution in [1.82, 2.24) is 0 Å². The molecule has 0 bridgehead atoms. The standard InChI is InChI=1S/C40H72O9/c1-4-5-17-23-33(41)27-28-37-35(36(43)29-40(46)49-37)24-19-15-16-21-26-39(45)48-31-34(42)30-47-38(44)25-20-14-12-10-8-6-7-9-11-13-18-22-32(2)3/h15,19,27-28,32-37,40-43,46H,4-14,16-18,20-26,29-31H2,1-3H3/b19-15-,28-27+/t33-,34-,35-,36-,37+,40?/m0/s1. The van der Waals surface area contributed by atoms with E-state index in [9.17, 15) is 30.0 Å². The van der Waals surface area contributed by atoms with Gasteiger partial charge in [-0.3, -0.25) is 9.59 Å². The van der Waals surface area contributed by atoms with Crippen LogP contribution >= 0.6 is 0 Å². The van der Waals surface area contributed by atoms with Gasteiger partial charge in [-0.2, -0.15) is 0 Å². The summed E-state index contributed by atoms with van der Waals surface area (Å²) in [5.74, 6) is -0.190. The van der Waals surface area contributed by atoms with Crippen molar-refractivity contribution in [2.75, 3.05) is 13.2 Å². The zero-order valence-electron chi connectivity index (χ0n) is 31.2. The summed E-state index contributed by atoms with van der Waals surface area (Å²) in [5.41, 5.74) is 0. The van der Waals surface area contributed by atoms with Gasteiger partial charge in [-0.05, 0) is 38.0 Å². The van der Waals surface area contributed by atoms with Crippen LogP contribution in [-0.2, 0) is 23.8 Å². The maximum atomic E-state index is 12.1. The Morgan fingerprint density at radius 3 is 1.90 bits per heavy atom. The molecule has 1 aliphatic rings. The number of carbonyl (C=O) groups is 2. The van der Waals surface area contributed by atoms with Gasteiger partial charge in [-0.15, -0.1) is 0 Å². The average Bonchev–Trinajstić information content (AvgIpc) is 3.06. The van der Waals surface area contributed by atoms with Crippen molar-refractivity contribution < 1.29 is 44.2 Å². The first-order valence-corrected chi connectivity index (χ1v) is 19.6. The predicted octanol–water partition coefficient (Wildman–Crippen LogP) is 7.86. The van der Waals surface area contributed by atoms with E-state index in [0.717, 1.165) is 44.4 Å². The molecule has 0 aromatic carbocycles. The lowest BCUT2D eigenvalue weighted by molar-refractivity contribution is -0.199. The van der Waals surface area contributed by atoms with E-state index in [1.165, 1.54) is 57.8 Å². The second-order valence-electron chi connectivity index (χ2n) is 14.4. The average molecular weight is 697 g/mol. The van der Waals surface area contributed by atoms with Crippen molar-refractivity contribution in [2.45, 2.75) is 193 Å². The molecule has 1 heterocycles. The molecule has 0 amide bonds. The molecule has 6 atom stereocenters. The number of rotatable bonds is 30. The lowest BCUT2D eigenvalue weighted by Gasteiger charge is -2.36. The normalized spacial score (nSPS) is 21.1. The molecule has 1 unspecified atom stereocenters. The molecule has 0 radical (unpaired) electrons. The van der Waals surface area contributed by atoms with Gasteiger partial charge >= 0.3 is 11.9 Å². The van der Waals surface area contributed by atoms with Crippen LogP contribution in [0.4, 0.5) is 0 Å². The summed E-state index contributed by atoms with van der Waals surface area (Å²) in [4.78, 5) is 24.1. The van der Waals surface area contributed by atoms with Crippen LogP contribution in [0.2, 0.25) is 0 Å². The first kappa shape index (κ1) is 45.2. The molecule has 286 valence electrons. The highest BCUT2D eigenvalue weighted by Gasteiger charge is 2.35. The molecule has 0 aromatic rings. The maximum Gasteiger partial charge on any atom is 0.305 e. The minimum atomic E-state index is -1.05. The summed E-state index contributed by atoms with van der Waals surface area (Å²) in [6, 6.07) is 0. The van der Waals surface area contributed by atoms with E-state index in [4.69, 9.17) is 14.2 Å². The zero-order chi connectivity index (χ0) is 36.1. The Morgan fingerprint density at radius 2 is 1.31 bits per heavy atom. The van der Waals surface area contributed by atoms with E-state index < -0.39 is 36.7 Å². The van der Waals surface area contributed by atoms with Crippen LogP contribution in [0, 0.1) is 11.8 Å². The number of hydrogen-bond acceptors (Lipinski definition) is 9. The highest BCUT2D eigenvalue weighted by atomic mass is 16.6. The molecular weight excluding hydrogens is 624 g/mol. The molecule has 0 aromatic heterocycles. The van der Waals surface area contributed by atoms with Crippen LogP contribution in [0.15, 0.2) is 24.3 Å². The third kappa shape index (κ3) is 25.8. The minimum Gasteiger partial charge on any atom is -0.463 e. The van der Waals surface area contributed by atoms with Gasteiger partial charge in [0, 0.05) is 25.2 Å². The van der Waals surface area contributed by atoms with Crippen molar-refractivity contribution in [2.24, 2.45) is 11.8 Å². The van der Waals surface area contributed by atoms with Crippen LogP contribution in [0.25, 0.3) is 0 Å². The highest BCUT2D eigenvalue weighted by molar-refractivity contribution is 5.69. The van der Waals surface area contributed by atoms with Gasteiger partial charge in [-0.25, -0.2) is 0 Å². The summed E-state index contributed by atoms with van der Waals surface area (Å²) in [6.45, 7) is 6.29. The Kier molecular flexibility index (Phi) is 27.6. The third-order valence-corrected chi connectivity index (χ3v) is 9.16. The first-order valence-electron chi connectivity index (χ1n) is 19.6. The molecule has 9 nitrogen and oxygen atoms in total. The van der Waals surface area contributed by atoms with Gasteiger partial charge in [0.2, 0.25) is 0 Å². The smallest absolute Gasteiger partial charge is 0.305 e. The van der Waals surface area contributed by atoms with E-state index in [2.05, 4.69) is 20.8 Å². The lowest BCUT2D eigenvalue weighted by atomic mass is 9.87. The number of esters is 2. The van der Waals surface area contributed by atoms with E-state index in [1.54, 1.807) is 12.2 Å². The quantitative estimate of drug-likeness (QED) is 0.0335. The fourth-order valence-electron chi connectivity index (χ4n) is 6.07. The van der Waals surface area contributed by atoms with Crippen LogP contribution in [0.5, 0.6) is 0 Å². The van der Waals surface area contributed by atoms with E-state index in [-0.39, 0.29) is 37.9 Å².